The van der Waals surface area contributed by atoms with Gasteiger partial charge in [-0.05, 0) is 39.0 Å². The zero-order valence-corrected chi connectivity index (χ0v) is 11.6. The Morgan fingerprint density at radius 1 is 1.30 bits per heavy atom. The number of pyridine rings is 1. The van der Waals surface area contributed by atoms with Gasteiger partial charge in [0.05, 0.1) is 22.5 Å². The summed E-state index contributed by atoms with van der Waals surface area (Å²) < 4.78 is 0. The highest BCUT2D eigenvalue weighted by Gasteiger charge is 2.24. The molecule has 1 saturated heterocycles. The average molecular weight is 266 g/mol. The largest absolute Gasteiger partial charge is 0.397 e. The first-order valence-corrected chi connectivity index (χ1v) is 6.97. The van der Waals surface area contributed by atoms with Crippen LogP contribution in [0.25, 0.3) is 10.9 Å². The molecule has 20 heavy (non-hydrogen) atoms. The minimum atomic E-state index is 0.341. The molecule has 3 rings (SSSR count). The van der Waals surface area contributed by atoms with Crippen LogP contribution in [-0.4, -0.2) is 30.0 Å². The van der Waals surface area contributed by atoms with Crippen LogP contribution >= 0.6 is 0 Å². The molecule has 0 atom stereocenters. The van der Waals surface area contributed by atoms with Gasteiger partial charge in [-0.1, -0.05) is 18.2 Å². The van der Waals surface area contributed by atoms with Crippen LogP contribution in [-0.2, 0) is 0 Å². The smallest absolute Gasteiger partial charge is 0.103 e. The molecular weight excluding hydrogens is 248 g/mol. The molecule has 1 fully saturated rings. The first kappa shape index (κ1) is 12.9. The van der Waals surface area contributed by atoms with Gasteiger partial charge in [0, 0.05) is 11.3 Å². The van der Waals surface area contributed by atoms with E-state index in [9.17, 15) is 5.26 Å². The van der Waals surface area contributed by atoms with Crippen molar-refractivity contribution in [2.24, 2.45) is 0 Å². The molecular formula is C16H18N4. The molecule has 1 aliphatic heterocycles. The molecule has 1 aromatic heterocycles. The molecule has 0 amide bonds. The molecule has 4 nitrogen and oxygen atoms in total. The lowest BCUT2D eigenvalue weighted by molar-refractivity contribution is 0.253. The summed E-state index contributed by atoms with van der Waals surface area (Å²) in [6.07, 6.45) is 2.08. The van der Waals surface area contributed by atoms with Crippen LogP contribution in [0.3, 0.4) is 0 Å². The molecule has 2 aromatic rings. The Kier molecular flexibility index (Phi) is 3.29. The third kappa shape index (κ3) is 2.10. The SMILES string of the molecule is CN1CCC(c2nc3ccccc3c(N)c2C#N)CC1. The summed E-state index contributed by atoms with van der Waals surface area (Å²) in [5.74, 6) is 0.341. The van der Waals surface area contributed by atoms with Crippen molar-refractivity contribution >= 4 is 16.6 Å². The molecule has 1 aromatic carbocycles. The van der Waals surface area contributed by atoms with E-state index in [1.807, 2.05) is 24.3 Å². The number of nitrogens with zero attached hydrogens (tertiary/aromatic N) is 3. The number of benzene rings is 1. The maximum Gasteiger partial charge on any atom is 0.103 e. The van der Waals surface area contributed by atoms with Crippen LogP contribution in [0.4, 0.5) is 5.69 Å². The van der Waals surface area contributed by atoms with E-state index >= 15 is 0 Å². The Morgan fingerprint density at radius 3 is 2.70 bits per heavy atom. The van der Waals surface area contributed by atoms with E-state index in [1.165, 1.54) is 0 Å². The maximum atomic E-state index is 9.46. The minimum Gasteiger partial charge on any atom is -0.397 e. The molecule has 0 radical (unpaired) electrons. The van der Waals surface area contributed by atoms with Crippen molar-refractivity contribution in [2.45, 2.75) is 18.8 Å². The van der Waals surface area contributed by atoms with Crippen molar-refractivity contribution in [3.8, 4) is 6.07 Å². The van der Waals surface area contributed by atoms with Crippen molar-refractivity contribution in [2.75, 3.05) is 25.9 Å². The number of rotatable bonds is 1. The van der Waals surface area contributed by atoms with E-state index in [0.717, 1.165) is 42.5 Å². The molecule has 0 aliphatic carbocycles. The lowest BCUT2D eigenvalue weighted by Gasteiger charge is -2.29. The van der Waals surface area contributed by atoms with E-state index in [4.69, 9.17) is 10.7 Å². The highest BCUT2D eigenvalue weighted by atomic mass is 15.1. The quantitative estimate of drug-likeness (QED) is 0.861. The maximum absolute atomic E-state index is 9.46. The minimum absolute atomic E-state index is 0.341. The number of nitrogen functional groups attached to an aromatic ring is 1. The number of piperidine rings is 1. The van der Waals surface area contributed by atoms with E-state index in [2.05, 4.69) is 18.0 Å². The van der Waals surface area contributed by atoms with Crippen molar-refractivity contribution in [1.29, 1.82) is 5.26 Å². The lowest BCUT2D eigenvalue weighted by atomic mass is 9.89. The van der Waals surface area contributed by atoms with E-state index in [-0.39, 0.29) is 0 Å². The van der Waals surface area contributed by atoms with E-state index in [0.29, 0.717) is 17.2 Å². The third-order valence-corrected chi connectivity index (χ3v) is 4.18. The predicted molar refractivity (Wildman–Crippen MR) is 80.3 cm³/mol. The van der Waals surface area contributed by atoms with Crippen LogP contribution in [0.5, 0.6) is 0 Å². The van der Waals surface area contributed by atoms with Crippen LogP contribution < -0.4 is 5.73 Å². The number of para-hydroxylation sites is 1. The first-order chi connectivity index (χ1) is 9.70. The Bertz CT molecular complexity index is 679. The number of hydrogen-bond acceptors (Lipinski definition) is 4. The van der Waals surface area contributed by atoms with E-state index in [1.54, 1.807) is 0 Å². The Labute approximate surface area is 118 Å². The summed E-state index contributed by atoms with van der Waals surface area (Å²) in [5.41, 5.74) is 9.11. The monoisotopic (exact) mass is 266 g/mol. The highest BCUT2D eigenvalue weighted by molar-refractivity contribution is 5.93. The number of nitriles is 1. The van der Waals surface area contributed by atoms with Gasteiger partial charge in [-0.15, -0.1) is 0 Å². The van der Waals surface area contributed by atoms with Gasteiger partial charge in [-0.25, -0.2) is 0 Å². The molecule has 0 unspecified atom stereocenters. The van der Waals surface area contributed by atoms with Crippen LogP contribution in [0.2, 0.25) is 0 Å². The summed E-state index contributed by atoms with van der Waals surface area (Å²) in [7, 11) is 2.13. The Hall–Kier alpha value is -2.12. The number of nitrogens with two attached hydrogens (primary N) is 1. The predicted octanol–water partition coefficient (Wildman–Crippen LogP) is 2.50. The topological polar surface area (TPSA) is 65.9 Å². The van der Waals surface area contributed by atoms with Crippen LogP contribution in [0.1, 0.15) is 30.0 Å². The average Bonchev–Trinajstić information content (AvgIpc) is 2.48. The lowest BCUT2D eigenvalue weighted by Crippen LogP contribution is -2.30. The molecule has 102 valence electrons. The number of anilines is 1. The normalized spacial score (nSPS) is 17.2. The summed E-state index contributed by atoms with van der Waals surface area (Å²) in [6.45, 7) is 2.09. The molecule has 0 spiro atoms. The summed E-state index contributed by atoms with van der Waals surface area (Å²) >= 11 is 0. The van der Waals surface area contributed by atoms with Gasteiger partial charge < -0.3 is 10.6 Å². The van der Waals surface area contributed by atoms with Gasteiger partial charge in [0.2, 0.25) is 0 Å². The fourth-order valence-corrected chi connectivity index (χ4v) is 2.95. The van der Waals surface area contributed by atoms with Gasteiger partial charge in [0.15, 0.2) is 0 Å². The number of hydrogen-bond donors (Lipinski definition) is 1. The van der Waals surface area contributed by atoms with Gasteiger partial charge in [0.25, 0.3) is 0 Å². The fourth-order valence-electron chi connectivity index (χ4n) is 2.95. The standard InChI is InChI=1S/C16H18N4/c1-20-8-6-11(7-9-20)16-13(10-17)15(18)12-4-2-3-5-14(12)19-16/h2-5,11H,6-9H2,1H3,(H2,18,19). The molecule has 0 saturated carbocycles. The third-order valence-electron chi connectivity index (χ3n) is 4.18. The number of aromatic nitrogens is 1. The van der Waals surface area contributed by atoms with Crippen LogP contribution in [0, 0.1) is 11.3 Å². The Balaban J connectivity index is 2.12. The molecule has 0 bridgehead atoms. The second kappa shape index (κ2) is 5.10. The van der Waals surface area contributed by atoms with Gasteiger partial charge in [-0.3, -0.25) is 4.98 Å². The van der Waals surface area contributed by atoms with Crippen molar-refractivity contribution < 1.29 is 0 Å². The molecule has 4 heteroatoms. The number of likely N-dealkylation sites (tertiary alicyclic amines) is 1. The zero-order valence-electron chi connectivity index (χ0n) is 11.6. The molecule has 2 N–H and O–H groups in total. The zero-order chi connectivity index (χ0) is 14.1. The Morgan fingerprint density at radius 2 is 2.00 bits per heavy atom. The van der Waals surface area contributed by atoms with Crippen molar-refractivity contribution in [3.63, 3.8) is 0 Å². The summed E-state index contributed by atoms with van der Waals surface area (Å²) in [6, 6.07) is 10.0. The summed E-state index contributed by atoms with van der Waals surface area (Å²) in [5, 5.41) is 10.3. The van der Waals surface area contributed by atoms with Gasteiger partial charge in [0.1, 0.15) is 6.07 Å². The van der Waals surface area contributed by atoms with Crippen LogP contribution in [0.15, 0.2) is 24.3 Å². The number of fused-ring (bicyclic) bond motifs is 1. The second-order valence-electron chi connectivity index (χ2n) is 5.49. The van der Waals surface area contributed by atoms with Gasteiger partial charge >= 0.3 is 0 Å². The highest BCUT2D eigenvalue weighted by Crippen LogP contribution is 2.34. The fraction of sp³-hybridized carbons (Fsp3) is 0.375. The van der Waals surface area contributed by atoms with Gasteiger partial charge in [-0.2, -0.15) is 5.26 Å². The first-order valence-electron chi connectivity index (χ1n) is 6.97. The van der Waals surface area contributed by atoms with Crippen molar-refractivity contribution in [1.82, 2.24) is 9.88 Å². The molecule has 2 heterocycles. The second-order valence-corrected chi connectivity index (χ2v) is 5.49. The molecule has 1 aliphatic rings. The summed E-state index contributed by atoms with van der Waals surface area (Å²) in [4.78, 5) is 7.05. The van der Waals surface area contributed by atoms with Crippen molar-refractivity contribution in [3.05, 3.63) is 35.5 Å². The van der Waals surface area contributed by atoms with E-state index < -0.39 is 0 Å².